The predicted molar refractivity (Wildman–Crippen MR) is 112 cm³/mol. The topological polar surface area (TPSA) is 92.3 Å². The number of nitrogens with one attached hydrogen (secondary N) is 1. The Labute approximate surface area is 174 Å². The molecule has 1 aromatic heterocycles. The summed E-state index contributed by atoms with van der Waals surface area (Å²) < 4.78 is 10.6. The van der Waals surface area contributed by atoms with Gasteiger partial charge in [-0.05, 0) is 30.7 Å². The van der Waals surface area contributed by atoms with Crippen LogP contribution in [0.2, 0.25) is 0 Å². The van der Waals surface area contributed by atoms with Crippen LogP contribution in [-0.4, -0.2) is 19.0 Å². The second-order valence-corrected chi connectivity index (χ2v) is 6.51. The molecule has 30 heavy (non-hydrogen) atoms. The summed E-state index contributed by atoms with van der Waals surface area (Å²) in [6.07, 6.45) is 1.37. The van der Waals surface area contributed by atoms with Crippen LogP contribution in [0.25, 0.3) is 17.4 Å². The largest absolute Gasteiger partial charge is 0.465 e. The zero-order chi connectivity index (χ0) is 21.5. The summed E-state index contributed by atoms with van der Waals surface area (Å²) >= 11 is 0. The van der Waals surface area contributed by atoms with Gasteiger partial charge in [0.15, 0.2) is 0 Å². The van der Waals surface area contributed by atoms with Gasteiger partial charge in [-0.1, -0.05) is 48.5 Å². The van der Waals surface area contributed by atoms with E-state index in [4.69, 9.17) is 9.15 Å². The van der Waals surface area contributed by atoms with Crippen LogP contribution in [0.4, 0.5) is 0 Å². The highest BCUT2D eigenvalue weighted by Crippen LogP contribution is 2.27. The Kier molecular flexibility index (Phi) is 6.46. The van der Waals surface area contributed by atoms with E-state index in [1.165, 1.54) is 13.2 Å². The number of amides is 1. The maximum atomic E-state index is 12.5. The van der Waals surface area contributed by atoms with E-state index in [1.54, 1.807) is 36.4 Å². The third-order valence-electron chi connectivity index (χ3n) is 4.52. The first-order valence-electron chi connectivity index (χ1n) is 9.28. The molecule has 1 unspecified atom stereocenters. The molecule has 0 saturated heterocycles. The van der Waals surface area contributed by atoms with Crippen molar-refractivity contribution in [1.29, 1.82) is 5.26 Å². The van der Waals surface area contributed by atoms with E-state index in [0.717, 1.165) is 5.56 Å². The van der Waals surface area contributed by atoms with Gasteiger partial charge in [-0.3, -0.25) is 4.79 Å². The fourth-order valence-corrected chi connectivity index (χ4v) is 2.95. The summed E-state index contributed by atoms with van der Waals surface area (Å²) in [7, 11) is 1.31. The van der Waals surface area contributed by atoms with Crippen molar-refractivity contribution < 1.29 is 18.7 Å². The normalized spacial score (nSPS) is 12.0. The smallest absolute Gasteiger partial charge is 0.338 e. The van der Waals surface area contributed by atoms with Gasteiger partial charge in [-0.2, -0.15) is 5.26 Å². The molecule has 0 radical (unpaired) electrons. The maximum absolute atomic E-state index is 12.5. The van der Waals surface area contributed by atoms with E-state index in [0.29, 0.717) is 22.6 Å². The minimum Gasteiger partial charge on any atom is -0.465 e. The predicted octanol–water partition coefficient (Wildman–Crippen LogP) is 4.52. The molecular formula is C24H20N2O4. The summed E-state index contributed by atoms with van der Waals surface area (Å²) in [6, 6.07) is 21.3. The molecule has 0 bridgehead atoms. The molecule has 1 amide bonds. The Morgan fingerprint density at radius 2 is 1.77 bits per heavy atom. The third kappa shape index (κ3) is 4.65. The zero-order valence-electron chi connectivity index (χ0n) is 16.6. The highest BCUT2D eigenvalue weighted by atomic mass is 16.5. The summed E-state index contributed by atoms with van der Waals surface area (Å²) in [5, 5.41) is 12.2. The van der Waals surface area contributed by atoms with Gasteiger partial charge in [0.1, 0.15) is 23.2 Å². The molecule has 0 aliphatic rings. The van der Waals surface area contributed by atoms with Gasteiger partial charge in [-0.25, -0.2) is 4.79 Å². The summed E-state index contributed by atoms with van der Waals surface area (Å²) in [5.74, 6) is -0.228. The van der Waals surface area contributed by atoms with Crippen LogP contribution in [0.5, 0.6) is 0 Å². The number of nitriles is 1. The number of carbonyl (C=O) groups is 2. The second-order valence-electron chi connectivity index (χ2n) is 6.51. The van der Waals surface area contributed by atoms with Gasteiger partial charge < -0.3 is 14.5 Å². The first kappa shape index (κ1) is 20.6. The molecule has 6 heteroatoms. The Balaban J connectivity index is 1.82. The molecule has 150 valence electrons. The number of esters is 1. The number of hydrogen-bond acceptors (Lipinski definition) is 5. The first-order valence-corrected chi connectivity index (χ1v) is 9.28. The van der Waals surface area contributed by atoms with Gasteiger partial charge in [-0.15, -0.1) is 0 Å². The van der Waals surface area contributed by atoms with Crippen LogP contribution in [0.3, 0.4) is 0 Å². The zero-order valence-corrected chi connectivity index (χ0v) is 16.6. The average Bonchev–Trinajstić information content (AvgIpc) is 3.25. The fourth-order valence-electron chi connectivity index (χ4n) is 2.95. The second kappa shape index (κ2) is 9.39. The van der Waals surface area contributed by atoms with E-state index >= 15 is 0 Å². The number of furan rings is 1. The highest BCUT2D eigenvalue weighted by Gasteiger charge is 2.17. The average molecular weight is 400 g/mol. The fraction of sp³-hybridized carbons (Fsp3) is 0.125. The number of rotatable bonds is 6. The first-order chi connectivity index (χ1) is 14.5. The number of benzene rings is 2. The van der Waals surface area contributed by atoms with Gasteiger partial charge in [0, 0.05) is 11.6 Å². The van der Waals surface area contributed by atoms with Crippen molar-refractivity contribution >= 4 is 18.0 Å². The van der Waals surface area contributed by atoms with Gasteiger partial charge in [0.2, 0.25) is 0 Å². The van der Waals surface area contributed by atoms with Crippen molar-refractivity contribution in [3.63, 3.8) is 0 Å². The molecule has 3 rings (SSSR count). The van der Waals surface area contributed by atoms with Crippen LogP contribution >= 0.6 is 0 Å². The minimum absolute atomic E-state index is 0.0834. The van der Waals surface area contributed by atoms with Crippen LogP contribution in [-0.2, 0) is 9.53 Å². The standard InChI is InChI=1S/C24H20N2O4/c1-16(17-8-4-3-5-9-17)26-23(27)18(15-25)14-19-12-13-22(30-19)20-10-6-7-11-21(20)24(28)29-2/h3-14,16H,1-2H3,(H,26,27)/b18-14+. The van der Waals surface area contributed by atoms with E-state index in [2.05, 4.69) is 5.32 Å². The molecule has 1 N–H and O–H groups in total. The summed E-state index contributed by atoms with van der Waals surface area (Å²) in [4.78, 5) is 24.5. The third-order valence-corrected chi connectivity index (χ3v) is 4.52. The molecule has 0 saturated carbocycles. The molecule has 6 nitrogen and oxygen atoms in total. The lowest BCUT2D eigenvalue weighted by atomic mass is 10.1. The molecule has 2 aromatic carbocycles. The molecular weight excluding hydrogens is 380 g/mol. The number of ether oxygens (including phenoxy) is 1. The molecule has 3 aromatic rings. The van der Waals surface area contributed by atoms with Crippen LogP contribution < -0.4 is 5.32 Å². The van der Waals surface area contributed by atoms with Crippen molar-refractivity contribution in [3.8, 4) is 17.4 Å². The van der Waals surface area contributed by atoms with E-state index in [9.17, 15) is 14.9 Å². The number of nitrogens with zero attached hydrogens (tertiary/aromatic N) is 1. The van der Waals surface area contributed by atoms with Crippen molar-refractivity contribution in [1.82, 2.24) is 5.32 Å². The molecule has 0 spiro atoms. The van der Waals surface area contributed by atoms with Crippen LogP contribution in [0.15, 0.2) is 76.7 Å². The molecule has 0 aliphatic carbocycles. The molecule has 1 atom stereocenters. The van der Waals surface area contributed by atoms with Crippen molar-refractivity contribution in [2.24, 2.45) is 0 Å². The summed E-state index contributed by atoms with van der Waals surface area (Å²) in [5.41, 5.74) is 1.77. The van der Waals surface area contributed by atoms with Crippen molar-refractivity contribution in [2.75, 3.05) is 7.11 Å². The number of methoxy groups -OCH3 is 1. The quantitative estimate of drug-likeness (QED) is 0.373. The number of hydrogen-bond donors (Lipinski definition) is 1. The van der Waals surface area contributed by atoms with E-state index < -0.39 is 11.9 Å². The Morgan fingerprint density at radius 1 is 1.07 bits per heavy atom. The Hall–Kier alpha value is -4.11. The Morgan fingerprint density at radius 3 is 2.47 bits per heavy atom. The lowest BCUT2D eigenvalue weighted by molar-refractivity contribution is -0.117. The lowest BCUT2D eigenvalue weighted by Gasteiger charge is -2.13. The minimum atomic E-state index is -0.498. The SMILES string of the molecule is COC(=O)c1ccccc1-c1ccc(/C=C(\C#N)C(=O)NC(C)c2ccccc2)o1. The van der Waals surface area contributed by atoms with Crippen molar-refractivity contribution in [2.45, 2.75) is 13.0 Å². The molecule has 0 fully saturated rings. The van der Waals surface area contributed by atoms with Crippen molar-refractivity contribution in [3.05, 3.63) is 89.2 Å². The van der Waals surface area contributed by atoms with E-state index in [1.807, 2.05) is 43.3 Å². The molecule has 0 aliphatic heterocycles. The maximum Gasteiger partial charge on any atom is 0.338 e. The van der Waals surface area contributed by atoms with Crippen LogP contribution in [0, 0.1) is 11.3 Å². The van der Waals surface area contributed by atoms with Gasteiger partial charge in [0.05, 0.1) is 18.7 Å². The highest BCUT2D eigenvalue weighted by molar-refractivity contribution is 6.01. The van der Waals surface area contributed by atoms with Crippen LogP contribution in [0.1, 0.15) is 34.6 Å². The Bertz CT molecular complexity index is 1120. The lowest BCUT2D eigenvalue weighted by Crippen LogP contribution is -2.27. The number of carbonyl (C=O) groups excluding carboxylic acids is 2. The summed E-state index contributed by atoms with van der Waals surface area (Å²) in [6.45, 7) is 1.84. The monoisotopic (exact) mass is 400 g/mol. The van der Waals surface area contributed by atoms with E-state index in [-0.39, 0.29) is 11.6 Å². The molecule has 1 heterocycles. The van der Waals surface area contributed by atoms with Gasteiger partial charge in [0.25, 0.3) is 5.91 Å². The van der Waals surface area contributed by atoms with Gasteiger partial charge >= 0.3 is 5.97 Å².